The molecule has 1 aliphatic rings. The number of carbonyl (C=O) groups excluding carboxylic acids is 1. The number of likely N-dealkylation sites (tertiary alicyclic amines) is 1. The number of benzene rings is 1. The maximum atomic E-state index is 12.1. The smallest absolute Gasteiger partial charge is 0.143 e. The monoisotopic (exact) mass is 380 g/mol. The lowest BCUT2D eigenvalue weighted by molar-refractivity contribution is -0.111. The van der Waals surface area contributed by atoms with Gasteiger partial charge < -0.3 is 14.3 Å². The molecule has 0 amide bonds. The third-order valence-corrected chi connectivity index (χ3v) is 5.49. The van der Waals surface area contributed by atoms with Crippen LogP contribution in [0.3, 0.4) is 0 Å². The maximum absolute atomic E-state index is 12.1. The summed E-state index contributed by atoms with van der Waals surface area (Å²) in [5, 5.41) is 0.684. The highest BCUT2D eigenvalue weighted by atomic mass is 35.5. The highest BCUT2D eigenvalue weighted by Crippen LogP contribution is 2.36. The average molecular weight is 381 g/mol. The van der Waals surface area contributed by atoms with E-state index in [0.29, 0.717) is 5.02 Å². The van der Waals surface area contributed by atoms with Crippen molar-refractivity contribution in [3.8, 4) is 22.5 Å². The molecule has 1 fully saturated rings. The number of carbonyl (C=O) groups is 1. The summed E-state index contributed by atoms with van der Waals surface area (Å²) < 4.78 is 2.02. The molecular weight excluding hydrogens is 360 g/mol. The number of hydrogen-bond acceptors (Lipinski definition) is 4. The van der Waals surface area contributed by atoms with Crippen LogP contribution < -0.4 is 0 Å². The fraction of sp³-hybridized carbons (Fsp3) is 0.286. The van der Waals surface area contributed by atoms with Crippen molar-refractivity contribution >= 4 is 17.9 Å². The normalized spacial score (nSPS) is 18.5. The summed E-state index contributed by atoms with van der Waals surface area (Å²) in [7, 11) is 2.10. The van der Waals surface area contributed by atoms with Gasteiger partial charge >= 0.3 is 0 Å². The first kappa shape index (κ1) is 17.9. The molecule has 0 spiro atoms. The Morgan fingerprint density at radius 3 is 2.52 bits per heavy atom. The zero-order valence-corrected chi connectivity index (χ0v) is 15.9. The van der Waals surface area contributed by atoms with Gasteiger partial charge in [0.15, 0.2) is 0 Å². The molecule has 0 N–H and O–H groups in total. The van der Waals surface area contributed by atoms with E-state index in [1.807, 2.05) is 41.0 Å². The molecule has 1 aromatic carbocycles. The van der Waals surface area contributed by atoms with E-state index >= 15 is 0 Å². The predicted octanol–water partition coefficient (Wildman–Crippen LogP) is 3.96. The van der Waals surface area contributed by atoms with Gasteiger partial charge in [-0.1, -0.05) is 23.7 Å². The third-order valence-electron chi connectivity index (χ3n) is 5.24. The lowest BCUT2D eigenvalue weighted by atomic mass is 9.98. The molecule has 1 saturated heterocycles. The van der Waals surface area contributed by atoms with Gasteiger partial charge in [-0.05, 0) is 44.3 Å². The van der Waals surface area contributed by atoms with E-state index in [0.717, 1.165) is 48.3 Å². The zero-order valence-electron chi connectivity index (χ0n) is 15.1. The van der Waals surface area contributed by atoms with Crippen molar-refractivity contribution in [3.05, 3.63) is 60.1 Å². The number of nitrogens with zero attached hydrogens (tertiary/aromatic N) is 4. The zero-order chi connectivity index (χ0) is 18.8. The second-order valence-corrected chi connectivity index (χ2v) is 7.47. The molecule has 6 heteroatoms. The fourth-order valence-electron chi connectivity index (χ4n) is 3.85. The van der Waals surface area contributed by atoms with Crippen LogP contribution in [0.4, 0.5) is 0 Å². The van der Waals surface area contributed by atoms with Crippen LogP contribution >= 0.6 is 11.6 Å². The van der Waals surface area contributed by atoms with E-state index in [-0.39, 0.29) is 12.0 Å². The van der Waals surface area contributed by atoms with Gasteiger partial charge in [-0.3, -0.25) is 4.98 Å². The molecule has 4 rings (SSSR count). The molecular formula is C21H21ClN4O. The Morgan fingerprint density at radius 2 is 1.89 bits per heavy atom. The third kappa shape index (κ3) is 3.53. The maximum Gasteiger partial charge on any atom is 0.143 e. The van der Waals surface area contributed by atoms with Crippen molar-refractivity contribution in [2.24, 2.45) is 5.92 Å². The molecule has 27 heavy (non-hydrogen) atoms. The Morgan fingerprint density at radius 1 is 1.15 bits per heavy atom. The summed E-state index contributed by atoms with van der Waals surface area (Å²) in [6, 6.07) is 11.3. The van der Waals surface area contributed by atoms with E-state index < -0.39 is 0 Å². The van der Waals surface area contributed by atoms with E-state index in [4.69, 9.17) is 11.6 Å². The molecule has 5 nitrogen and oxygen atoms in total. The minimum absolute atomic E-state index is 0.244. The number of imidazole rings is 1. The second kappa shape index (κ2) is 7.62. The summed E-state index contributed by atoms with van der Waals surface area (Å²) in [5.74, 6) is 0.278. The number of hydrogen-bond donors (Lipinski definition) is 0. The van der Waals surface area contributed by atoms with Crippen LogP contribution in [0, 0.1) is 5.92 Å². The first-order valence-corrected chi connectivity index (χ1v) is 9.42. The van der Waals surface area contributed by atoms with Crippen molar-refractivity contribution in [1.82, 2.24) is 19.4 Å². The van der Waals surface area contributed by atoms with Crippen LogP contribution in [0.15, 0.2) is 55.1 Å². The Kier molecular flexibility index (Phi) is 5.05. The van der Waals surface area contributed by atoms with Crippen LogP contribution in [-0.2, 0) is 4.79 Å². The summed E-state index contributed by atoms with van der Waals surface area (Å²) in [4.78, 5) is 23.2. The molecule has 138 valence electrons. The number of aldehydes is 1. The summed E-state index contributed by atoms with van der Waals surface area (Å²) in [5.41, 5.74) is 3.74. The SMILES string of the molecule is CN1CCC(C(C=O)n2cnc(-c3ccc(Cl)cc3)c2-c2ccncc2)C1. The Hall–Kier alpha value is -2.50. The molecule has 2 unspecified atom stereocenters. The second-order valence-electron chi connectivity index (χ2n) is 7.03. The van der Waals surface area contributed by atoms with E-state index in [9.17, 15) is 4.79 Å². The summed E-state index contributed by atoms with van der Waals surface area (Å²) in [6.07, 6.45) is 7.37. The van der Waals surface area contributed by atoms with Crippen LogP contribution in [0.1, 0.15) is 12.5 Å². The highest BCUT2D eigenvalue weighted by molar-refractivity contribution is 6.30. The van der Waals surface area contributed by atoms with Gasteiger partial charge in [-0.25, -0.2) is 4.98 Å². The molecule has 1 aliphatic heterocycles. The van der Waals surface area contributed by atoms with Gasteiger partial charge in [0.2, 0.25) is 0 Å². The van der Waals surface area contributed by atoms with Crippen LogP contribution in [-0.4, -0.2) is 45.9 Å². The van der Waals surface area contributed by atoms with Crippen molar-refractivity contribution in [2.45, 2.75) is 12.5 Å². The Bertz CT molecular complexity index is 923. The number of rotatable bonds is 5. The minimum Gasteiger partial charge on any atom is -0.319 e. The molecule has 2 atom stereocenters. The largest absolute Gasteiger partial charge is 0.319 e. The average Bonchev–Trinajstić information content (AvgIpc) is 3.31. The molecule has 3 heterocycles. The first-order chi connectivity index (χ1) is 13.2. The topological polar surface area (TPSA) is 51.0 Å². The minimum atomic E-state index is -0.244. The van der Waals surface area contributed by atoms with Crippen molar-refractivity contribution < 1.29 is 4.79 Å². The van der Waals surface area contributed by atoms with Gasteiger partial charge in [-0.15, -0.1) is 0 Å². The van der Waals surface area contributed by atoms with E-state index in [1.54, 1.807) is 18.7 Å². The Balaban J connectivity index is 1.84. The van der Waals surface area contributed by atoms with Crippen molar-refractivity contribution in [1.29, 1.82) is 0 Å². The Labute approximate surface area is 163 Å². The van der Waals surface area contributed by atoms with Crippen molar-refractivity contribution in [3.63, 3.8) is 0 Å². The van der Waals surface area contributed by atoms with Crippen LogP contribution in [0.25, 0.3) is 22.5 Å². The highest BCUT2D eigenvalue weighted by Gasteiger charge is 2.31. The lowest BCUT2D eigenvalue weighted by Gasteiger charge is -2.22. The van der Waals surface area contributed by atoms with Gasteiger partial charge in [0.05, 0.1) is 23.8 Å². The fourth-order valence-corrected chi connectivity index (χ4v) is 3.98. The van der Waals surface area contributed by atoms with Gasteiger partial charge in [0.25, 0.3) is 0 Å². The van der Waals surface area contributed by atoms with Gasteiger partial charge in [-0.2, -0.15) is 0 Å². The van der Waals surface area contributed by atoms with Crippen LogP contribution in [0.2, 0.25) is 5.02 Å². The summed E-state index contributed by atoms with van der Waals surface area (Å²) in [6.45, 7) is 1.92. The first-order valence-electron chi connectivity index (χ1n) is 9.04. The number of pyridine rings is 1. The molecule has 0 bridgehead atoms. The van der Waals surface area contributed by atoms with Crippen molar-refractivity contribution in [2.75, 3.05) is 20.1 Å². The lowest BCUT2D eigenvalue weighted by Crippen LogP contribution is -2.24. The number of halogens is 1. The van der Waals surface area contributed by atoms with E-state index in [2.05, 4.69) is 21.9 Å². The van der Waals surface area contributed by atoms with Gasteiger partial charge in [0.1, 0.15) is 6.29 Å². The predicted molar refractivity (Wildman–Crippen MR) is 107 cm³/mol. The van der Waals surface area contributed by atoms with Gasteiger partial charge in [0, 0.05) is 41.0 Å². The molecule has 0 radical (unpaired) electrons. The molecule has 0 aliphatic carbocycles. The molecule has 2 aromatic heterocycles. The standard InChI is InChI=1S/C21H21ClN4O/c1-25-11-8-17(12-25)19(13-27)26-14-24-20(15-2-4-18(22)5-3-15)21(26)16-6-9-23-10-7-16/h2-7,9-10,13-14,17,19H,8,11-12H2,1H3. The number of aromatic nitrogens is 3. The summed E-state index contributed by atoms with van der Waals surface area (Å²) >= 11 is 6.05. The quantitative estimate of drug-likeness (QED) is 0.629. The molecule has 3 aromatic rings. The molecule has 0 saturated carbocycles. The van der Waals surface area contributed by atoms with E-state index in [1.165, 1.54) is 0 Å². The van der Waals surface area contributed by atoms with Crippen LogP contribution in [0.5, 0.6) is 0 Å².